The molecule has 0 aliphatic heterocycles. The standard InChI is InChI=1S/C14H29O4PS/c1-4-7-8-9-10-11-12-14(13-15)20-19(16,17-5-2)18-6-3/h13-14H,4-12H2,1-3H3. The molecule has 0 heterocycles. The molecule has 1 atom stereocenters. The predicted octanol–water partition coefficient (Wildman–Crippen LogP) is 5.22. The highest BCUT2D eigenvalue weighted by molar-refractivity contribution is 8.55. The zero-order chi connectivity index (χ0) is 15.3. The second-order valence-electron chi connectivity index (χ2n) is 4.62. The van der Waals surface area contributed by atoms with Gasteiger partial charge in [-0.2, -0.15) is 0 Å². The third kappa shape index (κ3) is 9.98. The van der Waals surface area contributed by atoms with Crippen molar-refractivity contribution >= 4 is 24.5 Å². The first-order valence-corrected chi connectivity index (χ1v) is 10.7. The quantitative estimate of drug-likeness (QED) is 0.249. The molecule has 0 aliphatic carbocycles. The second-order valence-corrected chi connectivity index (χ2v) is 8.82. The summed E-state index contributed by atoms with van der Waals surface area (Å²) in [4.78, 5) is 11.1. The van der Waals surface area contributed by atoms with Crippen molar-refractivity contribution in [1.82, 2.24) is 0 Å². The minimum atomic E-state index is -3.17. The Morgan fingerprint density at radius 3 is 2.05 bits per heavy atom. The van der Waals surface area contributed by atoms with Crippen LogP contribution in [-0.4, -0.2) is 24.7 Å². The lowest BCUT2D eigenvalue weighted by Gasteiger charge is -2.19. The SMILES string of the molecule is CCCCCCCCC(C=O)SP(=O)(OCC)OCC. The molecule has 0 aromatic carbocycles. The van der Waals surface area contributed by atoms with Crippen LogP contribution in [0.3, 0.4) is 0 Å². The smallest absolute Gasteiger partial charge is 0.302 e. The zero-order valence-corrected chi connectivity index (χ0v) is 14.7. The average Bonchev–Trinajstić information content (AvgIpc) is 2.41. The minimum Gasteiger partial charge on any atom is -0.302 e. The van der Waals surface area contributed by atoms with Gasteiger partial charge in [0.05, 0.1) is 18.5 Å². The molecule has 0 radical (unpaired) electrons. The van der Waals surface area contributed by atoms with Crippen LogP contribution in [0.15, 0.2) is 0 Å². The van der Waals surface area contributed by atoms with Crippen molar-refractivity contribution < 1.29 is 18.4 Å². The summed E-state index contributed by atoms with van der Waals surface area (Å²) in [5, 5.41) is -0.301. The molecule has 0 aromatic rings. The fourth-order valence-electron chi connectivity index (χ4n) is 1.85. The van der Waals surface area contributed by atoms with Gasteiger partial charge in [-0.25, -0.2) is 4.57 Å². The Bertz CT molecular complexity index is 276. The molecule has 0 aromatic heterocycles. The maximum absolute atomic E-state index is 12.3. The number of carbonyl (C=O) groups is 1. The van der Waals surface area contributed by atoms with Crippen molar-refractivity contribution in [2.24, 2.45) is 0 Å². The van der Waals surface area contributed by atoms with Gasteiger partial charge in [0, 0.05) is 0 Å². The lowest BCUT2D eigenvalue weighted by molar-refractivity contribution is -0.107. The van der Waals surface area contributed by atoms with Crippen molar-refractivity contribution in [3.8, 4) is 0 Å². The third-order valence-electron chi connectivity index (χ3n) is 2.83. The number of carbonyl (C=O) groups excluding carboxylic acids is 1. The minimum absolute atomic E-state index is 0.301. The van der Waals surface area contributed by atoms with Crippen LogP contribution in [0.2, 0.25) is 0 Å². The molecule has 1 unspecified atom stereocenters. The van der Waals surface area contributed by atoms with Crippen molar-refractivity contribution in [3.63, 3.8) is 0 Å². The van der Waals surface area contributed by atoms with Gasteiger partial charge in [-0.15, -0.1) is 0 Å². The topological polar surface area (TPSA) is 52.6 Å². The Morgan fingerprint density at radius 2 is 1.55 bits per heavy atom. The van der Waals surface area contributed by atoms with Crippen LogP contribution >= 0.6 is 18.2 Å². The molecule has 120 valence electrons. The van der Waals surface area contributed by atoms with Gasteiger partial charge in [-0.3, -0.25) is 0 Å². The highest BCUT2D eigenvalue weighted by Crippen LogP contribution is 2.62. The molecule has 0 aliphatic rings. The van der Waals surface area contributed by atoms with Crippen LogP contribution < -0.4 is 0 Å². The Hall–Kier alpha value is 0.170. The van der Waals surface area contributed by atoms with Gasteiger partial charge in [0.25, 0.3) is 0 Å². The number of unbranched alkanes of at least 4 members (excludes halogenated alkanes) is 5. The summed E-state index contributed by atoms with van der Waals surface area (Å²) in [6, 6.07) is 0. The zero-order valence-electron chi connectivity index (χ0n) is 13.0. The molecule has 4 nitrogen and oxygen atoms in total. The van der Waals surface area contributed by atoms with Crippen molar-refractivity contribution in [1.29, 1.82) is 0 Å². The van der Waals surface area contributed by atoms with E-state index in [2.05, 4.69) is 6.92 Å². The van der Waals surface area contributed by atoms with E-state index in [4.69, 9.17) is 9.05 Å². The van der Waals surface area contributed by atoms with E-state index in [0.717, 1.165) is 36.9 Å². The van der Waals surface area contributed by atoms with Crippen LogP contribution in [-0.2, 0) is 18.4 Å². The van der Waals surface area contributed by atoms with E-state index < -0.39 is 6.80 Å². The second kappa shape index (κ2) is 12.9. The first-order valence-electron chi connectivity index (χ1n) is 7.64. The van der Waals surface area contributed by atoms with Gasteiger partial charge in [-0.05, 0) is 31.7 Å². The van der Waals surface area contributed by atoms with E-state index in [1.807, 2.05) is 0 Å². The largest absolute Gasteiger partial charge is 0.389 e. The molecule has 0 rings (SSSR count). The Labute approximate surface area is 127 Å². The molecule has 6 heteroatoms. The molecule has 0 fully saturated rings. The third-order valence-corrected chi connectivity index (χ3v) is 7.08. The highest BCUT2D eigenvalue weighted by Gasteiger charge is 2.29. The predicted molar refractivity (Wildman–Crippen MR) is 86.3 cm³/mol. The monoisotopic (exact) mass is 324 g/mol. The first kappa shape index (κ1) is 20.2. The summed E-state index contributed by atoms with van der Waals surface area (Å²) in [5.74, 6) is 0. The van der Waals surface area contributed by atoms with Crippen molar-refractivity contribution in [3.05, 3.63) is 0 Å². The molecule has 0 saturated carbocycles. The van der Waals surface area contributed by atoms with Crippen LogP contribution in [0, 0.1) is 0 Å². The number of hydrogen-bond donors (Lipinski definition) is 0. The van der Waals surface area contributed by atoms with Gasteiger partial charge >= 0.3 is 6.80 Å². The molecular formula is C14H29O4PS. The Balaban J connectivity index is 4.05. The Morgan fingerprint density at radius 1 is 1.00 bits per heavy atom. The van der Waals surface area contributed by atoms with E-state index in [1.165, 1.54) is 25.7 Å². The summed E-state index contributed by atoms with van der Waals surface area (Å²) in [6.45, 7) is 3.22. The van der Waals surface area contributed by atoms with Gasteiger partial charge in [0.1, 0.15) is 6.29 Å². The van der Waals surface area contributed by atoms with Gasteiger partial charge in [0.15, 0.2) is 0 Å². The first-order chi connectivity index (χ1) is 9.61. The van der Waals surface area contributed by atoms with Crippen LogP contribution in [0.1, 0.15) is 65.7 Å². The van der Waals surface area contributed by atoms with E-state index in [9.17, 15) is 9.36 Å². The highest BCUT2D eigenvalue weighted by atomic mass is 32.7. The summed E-state index contributed by atoms with van der Waals surface area (Å²) < 4.78 is 22.7. The van der Waals surface area contributed by atoms with Gasteiger partial charge < -0.3 is 13.8 Å². The maximum Gasteiger partial charge on any atom is 0.389 e. The fourth-order valence-corrected chi connectivity index (χ4v) is 5.79. The van der Waals surface area contributed by atoms with Gasteiger partial charge in [-0.1, -0.05) is 45.4 Å². The Kier molecular flexibility index (Phi) is 13.0. The number of hydrogen-bond acceptors (Lipinski definition) is 5. The van der Waals surface area contributed by atoms with Crippen LogP contribution in [0.5, 0.6) is 0 Å². The molecule has 0 saturated heterocycles. The normalized spacial score (nSPS) is 13.3. The van der Waals surface area contributed by atoms with Gasteiger partial charge in [0.2, 0.25) is 0 Å². The number of rotatable bonds is 14. The molecule has 0 N–H and O–H groups in total. The molecular weight excluding hydrogens is 295 g/mol. The molecule has 0 bridgehead atoms. The molecule has 20 heavy (non-hydrogen) atoms. The summed E-state index contributed by atoms with van der Waals surface area (Å²) >= 11 is 1.05. The average molecular weight is 324 g/mol. The van der Waals surface area contributed by atoms with Crippen molar-refractivity contribution in [2.75, 3.05) is 13.2 Å². The lowest BCUT2D eigenvalue weighted by Crippen LogP contribution is -2.06. The van der Waals surface area contributed by atoms with E-state index in [-0.39, 0.29) is 5.25 Å². The maximum atomic E-state index is 12.3. The molecule has 0 spiro atoms. The summed E-state index contributed by atoms with van der Waals surface area (Å²) in [5.41, 5.74) is 0. The van der Waals surface area contributed by atoms with Crippen LogP contribution in [0.4, 0.5) is 0 Å². The van der Waals surface area contributed by atoms with E-state index >= 15 is 0 Å². The van der Waals surface area contributed by atoms with E-state index in [1.54, 1.807) is 13.8 Å². The lowest BCUT2D eigenvalue weighted by atomic mass is 10.1. The number of aldehydes is 1. The van der Waals surface area contributed by atoms with Crippen LogP contribution in [0.25, 0.3) is 0 Å². The fraction of sp³-hybridized carbons (Fsp3) is 0.929. The van der Waals surface area contributed by atoms with E-state index in [0.29, 0.717) is 13.2 Å². The summed E-state index contributed by atoms with van der Waals surface area (Å²) in [6.07, 6.45) is 8.68. The summed E-state index contributed by atoms with van der Waals surface area (Å²) in [7, 11) is 0. The molecule has 0 amide bonds. The van der Waals surface area contributed by atoms with Crippen molar-refractivity contribution in [2.45, 2.75) is 71.0 Å².